The zero-order valence-electron chi connectivity index (χ0n) is 19.1. The number of aliphatic hydroxyl groups is 2. The van der Waals surface area contributed by atoms with Crippen LogP contribution >= 0.6 is 0 Å². The minimum atomic E-state index is -1.28. The molecule has 0 bridgehead atoms. The molecule has 3 rings (SSSR count). The van der Waals surface area contributed by atoms with E-state index in [4.69, 9.17) is 9.47 Å². The molecule has 6 nitrogen and oxygen atoms in total. The monoisotopic (exact) mass is 449 g/mol. The number of carbonyl (C=O) groups is 1. The van der Waals surface area contributed by atoms with Crippen LogP contribution in [-0.4, -0.2) is 48.4 Å². The highest BCUT2D eigenvalue weighted by molar-refractivity contribution is 5.54. The van der Waals surface area contributed by atoms with Gasteiger partial charge < -0.3 is 24.6 Å². The van der Waals surface area contributed by atoms with Gasteiger partial charge in [-0.1, -0.05) is 66.7 Å². The van der Waals surface area contributed by atoms with Gasteiger partial charge in [-0.25, -0.2) is 0 Å². The fraction of sp³-hybridized carbons (Fsp3) is 0.296. The van der Waals surface area contributed by atoms with E-state index >= 15 is 0 Å². The van der Waals surface area contributed by atoms with Crippen molar-refractivity contribution >= 4 is 6.41 Å². The van der Waals surface area contributed by atoms with Gasteiger partial charge in [0.2, 0.25) is 6.41 Å². The molecule has 0 spiro atoms. The maximum Gasteiger partial charge on any atom is 0.212 e. The average Bonchev–Trinajstić information content (AvgIpc) is 2.87. The molecule has 0 aliphatic rings. The van der Waals surface area contributed by atoms with E-state index in [9.17, 15) is 15.0 Å². The van der Waals surface area contributed by atoms with Crippen LogP contribution in [0.25, 0.3) is 0 Å². The third-order valence-corrected chi connectivity index (χ3v) is 5.71. The van der Waals surface area contributed by atoms with Crippen molar-refractivity contribution in [2.75, 3.05) is 26.9 Å². The molecular formula is C27H31NO5. The van der Waals surface area contributed by atoms with Gasteiger partial charge in [-0.3, -0.25) is 4.79 Å². The third kappa shape index (κ3) is 5.42. The van der Waals surface area contributed by atoms with Crippen LogP contribution in [0.15, 0.2) is 78.9 Å². The van der Waals surface area contributed by atoms with Crippen LogP contribution in [0, 0.1) is 6.92 Å². The van der Waals surface area contributed by atoms with E-state index in [2.05, 4.69) is 0 Å². The lowest BCUT2D eigenvalue weighted by molar-refractivity contribution is -0.165. The Morgan fingerprint density at radius 2 is 1.67 bits per heavy atom. The van der Waals surface area contributed by atoms with Gasteiger partial charge in [0, 0.05) is 24.3 Å². The summed E-state index contributed by atoms with van der Waals surface area (Å²) in [5.41, 5.74) is 1.89. The van der Waals surface area contributed by atoms with Gasteiger partial charge >= 0.3 is 0 Å². The Kier molecular flexibility index (Phi) is 8.60. The number of methoxy groups -OCH3 is 1. The standard InChI is InChI=1S/C27H31NO5/c1-21-9-6-7-12-25(21)27(23-10-4-3-5-11-23,28(20-30)17-8-18-29)33-19-26(31)22-13-15-24(32-2)16-14-22/h3-7,9-16,20,26,29,31H,8,17-19H2,1-2H3. The maximum atomic E-state index is 12.4. The van der Waals surface area contributed by atoms with Crippen LogP contribution in [0.4, 0.5) is 0 Å². The number of aryl methyl sites for hydroxylation is 1. The predicted octanol–water partition coefficient (Wildman–Crippen LogP) is 3.80. The minimum absolute atomic E-state index is 0.0565. The summed E-state index contributed by atoms with van der Waals surface area (Å²) in [7, 11) is 1.59. The molecule has 0 saturated heterocycles. The maximum absolute atomic E-state index is 12.4. The first-order valence-corrected chi connectivity index (χ1v) is 11.0. The number of amides is 1. The molecule has 0 aromatic heterocycles. The predicted molar refractivity (Wildman–Crippen MR) is 127 cm³/mol. The molecule has 0 heterocycles. The first-order valence-electron chi connectivity index (χ1n) is 11.0. The van der Waals surface area contributed by atoms with E-state index < -0.39 is 11.8 Å². The lowest BCUT2D eigenvalue weighted by Crippen LogP contribution is -2.50. The quantitative estimate of drug-likeness (QED) is 0.325. The number of rotatable bonds is 12. The summed E-state index contributed by atoms with van der Waals surface area (Å²) in [4.78, 5) is 13.9. The first-order chi connectivity index (χ1) is 16.1. The summed E-state index contributed by atoms with van der Waals surface area (Å²) in [5, 5.41) is 20.4. The molecule has 3 aromatic rings. The molecule has 0 saturated carbocycles. The van der Waals surface area contributed by atoms with E-state index in [1.54, 1.807) is 36.3 Å². The molecular weight excluding hydrogens is 418 g/mol. The Morgan fingerprint density at radius 3 is 2.27 bits per heavy atom. The number of hydrogen-bond donors (Lipinski definition) is 2. The number of hydrogen-bond acceptors (Lipinski definition) is 5. The van der Waals surface area contributed by atoms with Crippen molar-refractivity contribution in [3.05, 3.63) is 101 Å². The van der Waals surface area contributed by atoms with Crippen LogP contribution in [0.3, 0.4) is 0 Å². The molecule has 6 heteroatoms. The van der Waals surface area contributed by atoms with Gasteiger partial charge in [-0.2, -0.15) is 0 Å². The second-order valence-corrected chi connectivity index (χ2v) is 7.80. The number of benzene rings is 3. The second-order valence-electron chi connectivity index (χ2n) is 7.80. The molecule has 3 aromatic carbocycles. The van der Waals surface area contributed by atoms with E-state index in [1.807, 2.05) is 61.5 Å². The Balaban J connectivity index is 2.07. The number of nitrogens with zero attached hydrogens (tertiary/aromatic N) is 1. The van der Waals surface area contributed by atoms with Crippen LogP contribution < -0.4 is 4.74 Å². The third-order valence-electron chi connectivity index (χ3n) is 5.71. The van der Waals surface area contributed by atoms with Crippen LogP contribution in [0.2, 0.25) is 0 Å². The van der Waals surface area contributed by atoms with Crippen LogP contribution in [0.1, 0.15) is 34.8 Å². The van der Waals surface area contributed by atoms with Gasteiger partial charge in [0.25, 0.3) is 0 Å². The number of ether oxygens (including phenoxy) is 2. The fourth-order valence-electron chi connectivity index (χ4n) is 3.98. The molecule has 0 aliphatic carbocycles. The lowest BCUT2D eigenvalue weighted by Gasteiger charge is -2.43. The number of aliphatic hydroxyl groups excluding tert-OH is 2. The molecule has 174 valence electrons. The fourth-order valence-corrected chi connectivity index (χ4v) is 3.98. The molecule has 0 radical (unpaired) electrons. The van der Waals surface area contributed by atoms with Gasteiger partial charge in [-0.15, -0.1) is 0 Å². The highest BCUT2D eigenvalue weighted by Gasteiger charge is 2.42. The zero-order valence-corrected chi connectivity index (χ0v) is 19.1. The topological polar surface area (TPSA) is 79.2 Å². The van der Waals surface area contributed by atoms with Gasteiger partial charge in [0.05, 0.1) is 13.7 Å². The first kappa shape index (κ1) is 24.5. The number of carbonyl (C=O) groups excluding carboxylic acids is 1. The summed E-state index contributed by atoms with van der Waals surface area (Å²) < 4.78 is 11.7. The van der Waals surface area contributed by atoms with E-state index in [0.717, 1.165) is 23.1 Å². The van der Waals surface area contributed by atoms with E-state index in [-0.39, 0.29) is 19.8 Å². The Hall–Kier alpha value is -3.19. The van der Waals surface area contributed by atoms with Gasteiger partial charge in [0.15, 0.2) is 5.72 Å². The molecule has 2 atom stereocenters. The zero-order chi connectivity index (χ0) is 23.7. The summed E-state index contributed by atoms with van der Waals surface area (Å²) in [5.74, 6) is 0.696. The van der Waals surface area contributed by atoms with Gasteiger partial charge in [0.1, 0.15) is 11.9 Å². The van der Waals surface area contributed by atoms with Crippen molar-refractivity contribution in [3.63, 3.8) is 0 Å². The van der Waals surface area contributed by atoms with Gasteiger partial charge in [-0.05, 0) is 36.6 Å². The molecule has 33 heavy (non-hydrogen) atoms. The molecule has 2 N–H and O–H groups in total. The van der Waals surface area contributed by atoms with Crippen molar-refractivity contribution in [3.8, 4) is 5.75 Å². The summed E-state index contributed by atoms with van der Waals surface area (Å²) in [6.45, 7) is 2.13. The Labute approximate surface area is 195 Å². The SMILES string of the molecule is COc1ccc(C(O)COC(c2ccccc2)(c2ccccc2C)N(C=O)CCCO)cc1. The normalized spacial score (nSPS) is 13.7. The van der Waals surface area contributed by atoms with Crippen molar-refractivity contribution in [2.24, 2.45) is 0 Å². The largest absolute Gasteiger partial charge is 0.497 e. The van der Waals surface area contributed by atoms with Crippen LogP contribution in [0.5, 0.6) is 5.75 Å². The van der Waals surface area contributed by atoms with Crippen molar-refractivity contribution in [1.29, 1.82) is 0 Å². The van der Waals surface area contributed by atoms with Crippen molar-refractivity contribution < 1.29 is 24.5 Å². The van der Waals surface area contributed by atoms with E-state index in [0.29, 0.717) is 17.7 Å². The summed E-state index contributed by atoms with van der Waals surface area (Å²) >= 11 is 0. The summed E-state index contributed by atoms with van der Waals surface area (Å²) in [6.07, 6.45) is 0.215. The van der Waals surface area contributed by atoms with Crippen molar-refractivity contribution in [1.82, 2.24) is 4.90 Å². The van der Waals surface area contributed by atoms with E-state index in [1.165, 1.54) is 0 Å². The lowest BCUT2D eigenvalue weighted by atomic mass is 9.89. The molecule has 0 fully saturated rings. The summed E-state index contributed by atoms with van der Waals surface area (Å²) in [6, 6.07) is 24.3. The minimum Gasteiger partial charge on any atom is -0.497 e. The smallest absolute Gasteiger partial charge is 0.212 e. The average molecular weight is 450 g/mol. The Morgan fingerprint density at radius 1 is 1.00 bits per heavy atom. The van der Waals surface area contributed by atoms with Crippen LogP contribution in [-0.2, 0) is 15.3 Å². The highest BCUT2D eigenvalue weighted by atomic mass is 16.5. The Bertz CT molecular complexity index is 1010. The molecule has 1 amide bonds. The molecule has 2 unspecified atom stereocenters. The highest BCUT2D eigenvalue weighted by Crippen LogP contribution is 2.39. The van der Waals surface area contributed by atoms with Crippen molar-refractivity contribution in [2.45, 2.75) is 25.2 Å². The second kappa shape index (κ2) is 11.6. The molecule has 0 aliphatic heterocycles.